The summed E-state index contributed by atoms with van der Waals surface area (Å²) in [5.41, 5.74) is -0.119. The predicted octanol–water partition coefficient (Wildman–Crippen LogP) is 3.54. The quantitative estimate of drug-likeness (QED) is 0.681. The van der Waals surface area contributed by atoms with Crippen molar-refractivity contribution in [1.82, 2.24) is 10.3 Å². The number of hydrogen-bond donors (Lipinski definition) is 1. The maximum Gasteiger partial charge on any atom is 0.408 e. The van der Waals surface area contributed by atoms with E-state index in [4.69, 9.17) is 27.9 Å². The fourth-order valence-electron chi connectivity index (χ4n) is 1.49. The van der Waals surface area contributed by atoms with E-state index in [0.29, 0.717) is 11.8 Å². The van der Waals surface area contributed by atoms with Crippen LogP contribution in [-0.4, -0.2) is 23.0 Å². The molecular weight excluding hydrogens is 303 g/mol. The van der Waals surface area contributed by atoms with Gasteiger partial charge in [-0.15, -0.1) is 0 Å². The zero-order valence-corrected chi connectivity index (χ0v) is 13.0. The van der Waals surface area contributed by atoms with E-state index in [1.54, 1.807) is 26.8 Å². The minimum absolute atomic E-state index is 0.0578. The Hall–Kier alpha value is -1.33. The summed E-state index contributed by atoms with van der Waals surface area (Å²) in [6.45, 7) is 5.24. The number of pyridine rings is 1. The Bertz CT molecular complexity index is 501. The van der Waals surface area contributed by atoms with Crippen LogP contribution in [0.15, 0.2) is 12.1 Å². The lowest BCUT2D eigenvalue weighted by molar-refractivity contribution is -0.108. The van der Waals surface area contributed by atoms with Crippen molar-refractivity contribution < 1.29 is 14.3 Å². The van der Waals surface area contributed by atoms with E-state index in [1.807, 2.05) is 0 Å². The molecule has 7 heteroatoms. The first kappa shape index (κ1) is 16.7. The van der Waals surface area contributed by atoms with Crippen LogP contribution in [0.2, 0.25) is 10.3 Å². The molecule has 5 nitrogen and oxygen atoms in total. The van der Waals surface area contributed by atoms with Crippen LogP contribution in [0.25, 0.3) is 0 Å². The van der Waals surface area contributed by atoms with Crippen LogP contribution in [0.4, 0.5) is 4.79 Å². The summed E-state index contributed by atoms with van der Waals surface area (Å²) in [6, 6.07) is 2.54. The van der Waals surface area contributed by atoms with Gasteiger partial charge < -0.3 is 14.8 Å². The molecular formula is C13H16Cl2N2O3. The zero-order chi connectivity index (χ0) is 15.3. The van der Waals surface area contributed by atoms with Gasteiger partial charge in [-0.2, -0.15) is 0 Å². The summed E-state index contributed by atoms with van der Waals surface area (Å²) in [7, 11) is 0. The third kappa shape index (κ3) is 5.35. The highest BCUT2D eigenvalue weighted by atomic mass is 35.5. The fourth-order valence-corrected chi connectivity index (χ4v) is 1.97. The van der Waals surface area contributed by atoms with Gasteiger partial charge in [-0.1, -0.05) is 29.3 Å². The van der Waals surface area contributed by atoms with E-state index in [0.717, 1.165) is 0 Å². The molecule has 0 aliphatic carbocycles. The Morgan fingerprint density at radius 3 is 2.60 bits per heavy atom. The van der Waals surface area contributed by atoms with Crippen LogP contribution in [-0.2, 0) is 9.53 Å². The monoisotopic (exact) mass is 318 g/mol. The lowest BCUT2D eigenvalue weighted by Gasteiger charge is -2.23. The first-order valence-electron chi connectivity index (χ1n) is 5.98. The van der Waals surface area contributed by atoms with Gasteiger partial charge in [-0.25, -0.2) is 9.78 Å². The first-order valence-corrected chi connectivity index (χ1v) is 6.73. The minimum atomic E-state index is -0.629. The Morgan fingerprint density at radius 1 is 1.45 bits per heavy atom. The molecule has 1 N–H and O–H groups in total. The molecule has 0 bridgehead atoms. The number of aromatic nitrogens is 1. The molecule has 20 heavy (non-hydrogen) atoms. The number of rotatable bonds is 4. The predicted molar refractivity (Wildman–Crippen MR) is 77.0 cm³/mol. The molecule has 0 unspecified atom stereocenters. The van der Waals surface area contributed by atoms with E-state index in [9.17, 15) is 9.59 Å². The number of amides is 1. The average Bonchev–Trinajstić information content (AvgIpc) is 2.25. The highest BCUT2D eigenvalue weighted by Gasteiger charge is 2.22. The van der Waals surface area contributed by atoms with Crippen LogP contribution in [0.5, 0.6) is 0 Å². The van der Waals surface area contributed by atoms with Crippen molar-refractivity contribution in [2.24, 2.45) is 0 Å². The van der Waals surface area contributed by atoms with Crippen LogP contribution >= 0.6 is 23.2 Å². The van der Waals surface area contributed by atoms with Crippen LogP contribution in [0, 0.1) is 0 Å². The maximum absolute atomic E-state index is 11.8. The third-order valence-electron chi connectivity index (χ3n) is 2.24. The fraction of sp³-hybridized carbons (Fsp3) is 0.462. The van der Waals surface area contributed by atoms with E-state index in [1.165, 1.54) is 6.07 Å². The molecule has 0 spiro atoms. The van der Waals surface area contributed by atoms with Gasteiger partial charge in [-0.05, 0) is 26.8 Å². The van der Waals surface area contributed by atoms with E-state index >= 15 is 0 Å². The van der Waals surface area contributed by atoms with E-state index in [-0.39, 0.29) is 16.7 Å². The normalized spacial score (nSPS) is 12.7. The summed E-state index contributed by atoms with van der Waals surface area (Å²) in [4.78, 5) is 26.4. The first-order chi connectivity index (χ1) is 9.23. The van der Waals surface area contributed by atoms with Gasteiger partial charge >= 0.3 is 6.09 Å². The van der Waals surface area contributed by atoms with Gasteiger partial charge in [0.15, 0.2) is 0 Å². The molecule has 1 atom stereocenters. The second-order valence-corrected chi connectivity index (χ2v) is 5.86. The van der Waals surface area contributed by atoms with Gasteiger partial charge in [0.25, 0.3) is 0 Å². The number of hydrogen-bond acceptors (Lipinski definition) is 4. The van der Waals surface area contributed by atoms with Crippen LogP contribution < -0.4 is 5.32 Å². The topological polar surface area (TPSA) is 68.3 Å². The summed E-state index contributed by atoms with van der Waals surface area (Å²) >= 11 is 11.7. The molecule has 0 aliphatic rings. The number of nitrogens with zero attached hydrogens (tertiary/aromatic N) is 1. The van der Waals surface area contributed by atoms with Crippen molar-refractivity contribution >= 4 is 35.6 Å². The summed E-state index contributed by atoms with van der Waals surface area (Å²) in [6.07, 6.45) is 0.116. The molecule has 1 rings (SSSR count). The van der Waals surface area contributed by atoms with Gasteiger partial charge in [0.1, 0.15) is 22.2 Å². The molecule has 0 fully saturated rings. The van der Waals surface area contributed by atoms with Crippen molar-refractivity contribution in [3.8, 4) is 0 Å². The minimum Gasteiger partial charge on any atom is -0.444 e. The molecule has 0 saturated carbocycles. The van der Waals surface area contributed by atoms with Crippen molar-refractivity contribution in [2.75, 3.05) is 0 Å². The van der Waals surface area contributed by atoms with Gasteiger partial charge in [-0.3, -0.25) is 0 Å². The largest absolute Gasteiger partial charge is 0.444 e. The summed E-state index contributed by atoms with van der Waals surface area (Å²) in [5, 5.41) is 2.97. The second kappa shape index (κ2) is 6.90. The highest BCUT2D eigenvalue weighted by molar-refractivity contribution is 6.32. The van der Waals surface area contributed by atoms with Gasteiger partial charge in [0.2, 0.25) is 0 Å². The molecule has 0 saturated heterocycles. The summed E-state index contributed by atoms with van der Waals surface area (Å²) < 4.78 is 5.14. The average molecular weight is 319 g/mol. The second-order valence-electron chi connectivity index (χ2n) is 5.12. The zero-order valence-electron chi connectivity index (χ0n) is 11.4. The molecule has 1 aromatic rings. The highest BCUT2D eigenvalue weighted by Crippen LogP contribution is 2.25. The van der Waals surface area contributed by atoms with Gasteiger partial charge in [0.05, 0.1) is 6.04 Å². The Morgan fingerprint density at radius 2 is 2.10 bits per heavy atom. The van der Waals surface area contributed by atoms with E-state index < -0.39 is 17.7 Å². The molecule has 1 aromatic heterocycles. The maximum atomic E-state index is 11.8. The van der Waals surface area contributed by atoms with Crippen LogP contribution in [0.1, 0.15) is 38.8 Å². The van der Waals surface area contributed by atoms with Crippen LogP contribution in [0.3, 0.4) is 0 Å². The Balaban J connectivity index is 2.89. The molecule has 0 radical (unpaired) electrons. The molecule has 0 aromatic carbocycles. The number of carbonyl (C=O) groups excluding carboxylic acids is 2. The smallest absolute Gasteiger partial charge is 0.408 e. The molecule has 110 valence electrons. The molecule has 1 heterocycles. The number of carbonyl (C=O) groups is 2. The van der Waals surface area contributed by atoms with Crippen molar-refractivity contribution in [1.29, 1.82) is 0 Å². The number of nitrogens with one attached hydrogen (secondary N) is 1. The Labute approximate surface area is 127 Å². The standard InChI is InChI=1S/C13H16Cl2N2O3/c1-13(2,3)20-12(19)16-9(6-7-18)8-4-5-10(14)17-11(8)15/h4-5,7,9H,6H2,1-3H3,(H,16,19)/t9-/m0/s1. The van der Waals surface area contributed by atoms with Crippen molar-refractivity contribution in [3.05, 3.63) is 28.0 Å². The summed E-state index contributed by atoms with van der Waals surface area (Å²) in [5.74, 6) is 0. The van der Waals surface area contributed by atoms with Gasteiger partial charge in [0, 0.05) is 12.0 Å². The number of ether oxygens (including phenoxy) is 1. The van der Waals surface area contributed by atoms with Crippen molar-refractivity contribution in [2.45, 2.75) is 38.8 Å². The van der Waals surface area contributed by atoms with E-state index in [2.05, 4.69) is 10.3 Å². The number of halogens is 2. The molecule has 1 amide bonds. The van der Waals surface area contributed by atoms with Crippen molar-refractivity contribution in [3.63, 3.8) is 0 Å². The lowest BCUT2D eigenvalue weighted by Crippen LogP contribution is -2.35. The number of aldehydes is 1. The Kier molecular flexibility index (Phi) is 5.77. The molecule has 0 aliphatic heterocycles. The number of alkyl carbamates (subject to hydrolysis) is 1. The SMILES string of the molecule is CC(C)(C)OC(=O)N[C@@H](CC=O)c1ccc(Cl)nc1Cl. The third-order valence-corrected chi connectivity index (χ3v) is 2.76. The lowest BCUT2D eigenvalue weighted by atomic mass is 10.1.